The molecule has 0 saturated heterocycles. The summed E-state index contributed by atoms with van der Waals surface area (Å²) in [6, 6.07) is 4.95. The largest absolute Gasteiger partial charge is 0.492 e. The highest BCUT2D eigenvalue weighted by Gasteiger charge is 2.21. The van der Waals surface area contributed by atoms with Gasteiger partial charge in [-0.3, -0.25) is 4.39 Å². The maximum Gasteiger partial charge on any atom is 0.265 e. The van der Waals surface area contributed by atoms with Gasteiger partial charge in [-0.2, -0.15) is 0 Å². The van der Waals surface area contributed by atoms with Crippen molar-refractivity contribution in [3.63, 3.8) is 0 Å². The smallest absolute Gasteiger partial charge is 0.265 e. The van der Waals surface area contributed by atoms with Crippen LogP contribution in [-0.4, -0.2) is 21.7 Å². The van der Waals surface area contributed by atoms with Crippen LogP contribution in [0.5, 0.6) is 5.75 Å². The van der Waals surface area contributed by atoms with E-state index in [-0.39, 0.29) is 23.7 Å². The fraction of sp³-hybridized carbons (Fsp3) is 0.500. The Labute approximate surface area is 111 Å². The van der Waals surface area contributed by atoms with Gasteiger partial charge in [-0.05, 0) is 18.1 Å². The first-order valence-corrected chi connectivity index (χ1v) is 8.07. The molecule has 18 heavy (non-hydrogen) atoms. The molecule has 1 rings (SSSR count). The van der Waals surface area contributed by atoms with Crippen LogP contribution in [0.1, 0.15) is 25.3 Å². The van der Waals surface area contributed by atoms with E-state index in [1.54, 1.807) is 12.1 Å². The van der Waals surface area contributed by atoms with Gasteiger partial charge in [-0.25, -0.2) is 8.42 Å². The lowest BCUT2D eigenvalue weighted by atomic mass is 10.1. The second-order valence-corrected chi connectivity index (χ2v) is 6.33. The van der Waals surface area contributed by atoms with Crippen LogP contribution in [-0.2, 0) is 15.5 Å². The Balaban J connectivity index is 3.12. The Morgan fingerprint density at radius 3 is 2.67 bits per heavy atom. The molecule has 6 heteroatoms. The van der Waals surface area contributed by atoms with Crippen LogP contribution in [0.3, 0.4) is 0 Å². The molecule has 1 aromatic rings. The summed E-state index contributed by atoms with van der Waals surface area (Å²) >= 11 is 0. The number of halogens is 2. The molecule has 0 spiro atoms. The summed E-state index contributed by atoms with van der Waals surface area (Å²) in [5.74, 6) is 0.199. The molecule has 0 heterocycles. The van der Waals surface area contributed by atoms with E-state index < -0.39 is 15.7 Å². The molecule has 0 unspecified atom stereocenters. The number of hydrogen-bond donors (Lipinski definition) is 0. The van der Waals surface area contributed by atoms with Crippen LogP contribution in [0.2, 0.25) is 0 Å². The summed E-state index contributed by atoms with van der Waals surface area (Å²) in [4.78, 5) is 0.00683. The second kappa shape index (κ2) is 6.95. The zero-order chi connectivity index (χ0) is 13.6. The van der Waals surface area contributed by atoms with Crippen LogP contribution >= 0.6 is 10.7 Å². The Morgan fingerprint density at radius 2 is 2.11 bits per heavy atom. The maximum atomic E-state index is 12.0. The predicted octanol–water partition coefficient (Wildman–Crippen LogP) is 3.31. The third kappa shape index (κ3) is 4.14. The van der Waals surface area contributed by atoms with Gasteiger partial charge in [0.2, 0.25) is 0 Å². The Kier molecular flexibility index (Phi) is 5.88. The zero-order valence-corrected chi connectivity index (χ0v) is 11.7. The highest BCUT2D eigenvalue weighted by Crippen LogP contribution is 2.31. The lowest BCUT2D eigenvalue weighted by molar-refractivity contribution is 0.283. The Bertz CT molecular complexity index is 488. The molecule has 0 amide bonds. The zero-order valence-electron chi connectivity index (χ0n) is 10.2. The van der Waals surface area contributed by atoms with Crippen molar-refractivity contribution in [3.8, 4) is 5.75 Å². The van der Waals surface area contributed by atoms with E-state index in [0.717, 1.165) is 6.42 Å². The minimum Gasteiger partial charge on any atom is -0.492 e. The van der Waals surface area contributed by atoms with Crippen LogP contribution in [0, 0.1) is 0 Å². The highest BCUT2D eigenvalue weighted by atomic mass is 35.7. The number of aryl methyl sites for hydroxylation is 1. The van der Waals surface area contributed by atoms with Crippen molar-refractivity contribution in [2.24, 2.45) is 0 Å². The maximum absolute atomic E-state index is 12.0. The van der Waals surface area contributed by atoms with E-state index in [1.807, 2.05) is 6.92 Å². The monoisotopic (exact) mass is 294 g/mol. The molecule has 0 radical (unpaired) electrons. The predicted molar refractivity (Wildman–Crippen MR) is 69.6 cm³/mol. The van der Waals surface area contributed by atoms with E-state index in [9.17, 15) is 12.8 Å². The topological polar surface area (TPSA) is 43.4 Å². The van der Waals surface area contributed by atoms with E-state index in [2.05, 4.69) is 0 Å². The van der Waals surface area contributed by atoms with Crippen LogP contribution in [0.4, 0.5) is 4.39 Å². The van der Waals surface area contributed by atoms with Crippen molar-refractivity contribution in [1.29, 1.82) is 0 Å². The van der Waals surface area contributed by atoms with Crippen molar-refractivity contribution < 1.29 is 17.5 Å². The summed E-state index contributed by atoms with van der Waals surface area (Å²) in [7, 11) is 1.57. The Morgan fingerprint density at radius 1 is 1.39 bits per heavy atom. The van der Waals surface area contributed by atoms with Gasteiger partial charge in [-0.1, -0.05) is 25.5 Å². The fourth-order valence-corrected chi connectivity index (χ4v) is 3.03. The normalized spacial score (nSPS) is 11.5. The number of ether oxygens (including phenoxy) is 1. The number of alkyl halides is 1. The minimum absolute atomic E-state index is 0.00683. The molecule has 0 aliphatic carbocycles. The van der Waals surface area contributed by atoms with Gasteiger partial charge in [0.05, 0.1) is 13.3 Å². The summed E-state index contributed by atoms with van der Waals surface area (Å²) in [5, 5.41) is 0. The van der Waals surface area contributed by atoms with Crippen molar-refractivity contribution in [2.45, 2.75) is 31.1 Å². The van der Waals surface area contributed by atoms with Gasteiger partial charge in [-0.15, -0.1) is 0 Å². The molecule has 0 aromatic heterocycles. The van der Waals surface area contributed by atoms with Crippen molar-refractivity contribution in [1.82, 2.24) is 0 Å². The molecule has 0 saturated carbocycles. The SMILES string of the molecule is CCCc1cccc(OCCCF)c1S(=O)(=O)Cl. The summed E-state index contributed by atoms with van der Waals surface area (Å²) < 4.78 is 40.5. The highest BCUT2D eigenvalue weighted by molar-refractivity contribution is 8.13. The van der Waals surface area contributed by atoms with Gasteiger partial charge < -0.3 is 4.74 Å². The van der Waals surface area contributed by atoms with Gasteiger partial charge >= 0.3 is 0 Å². The number of benzene rings is 1. The first-order valence-electron chi connectivity index (χ1n) is 5.76. The molecule has 0 aliphatic rings. The summed E-state index contributed by atoms with van der Waals surface area (Å²) in [6.45, 7) is 1.57. The summed E-state index contributed by atoms with van der Waals surface area (Å²) in [6.07, 6.45) is 1.62. The molecule has 3 nitrogen and oxygen atoms in total. The third-order valence-electron chi connectivity index (χ3n) is 2.36. The summed E-state index contributed by atoms with van der Waals surface area (Å²) in [5.41, 5.74) is 0.630. The van der Waals surface area contributed by atoms with Crippen molar-refractivity contribution in [2.75, 3.05) is 13.3 Å². The van der Waals surface area contributed by atoms with Gasteiger partial charge in [0.1, 0.15) is 10.6 Å². The van der Waals surface area contributed by atoms with Crippen LogP contribution < -0.4 is 4.74 Å². The average Bonchev–Trinajstić information content (AvgIpc) is 2.28. The van der Waals surface area contributed by atoms with Crippen LogP contribution in [0.15, 0.2) is 23.1 Å². The Hall–Kier alpha value is -0.810. The van der Waals surface area contributed by atoms with Gasteiger partial charge in [0.15, 0.2) is 0 Å². The van der Waals surface area contributed by atoms with Crippen LogP contribution in [0.25, 0.3) is 0 Å². The standard InChI is InChI=1S/C12H16ClFO3S/c1-2-5-10-6-3-7-11(17-9-4-8-14)12(10)18(13,15)16/h3,6-7H,2,4-5,8-9H2,1H3. The number of hydrogen-bond acceptors (Lipinski definition) is 3. The van der Waals surface area contributed by atoms with Gasteiger partial charge in [0, 0.05) is 17.1 Å². The lowest BCUT2D eigenvalue weighted by Gasteiger charge is -2.12. The molecule has 0 bridgehead atoms. The molecular formula is C12H16ClFO3S. The quantitative estimate of drug-likeness (QED) is 0.572. The molecule has 0 aliphatic heterocycles. The van der Waals surface area contributed by atoms with E-state index in [4.69, 9.17) is 15.4 Å². The third-order valence-corrected chi connectivity index (χ3v) is 3.77. The average molecular weight is 295 g/mol. The van der Waals surface area contributed by atoms with Crippen molar-refractivity contribution >= 4 is 19.7 Å². The van der Waals surface area contributed by atoms with E-state index in [0.29, 0.717) is 12.0 Å². The first-order chi connectivity index (χ1) is 8.50. The van der Waals surface area contributed by atoms with E-state index in [1.165, 1.54) is 6.07 Å². The molecule has 102 valence electrons. The second-order valence-electron chi connectivity index (χ2n) is 3.82. The molecule has 0 atom stereocenters. The van der Waals surface area contributed by atoms with Crippen molar-refractivity contribution in [3.05, 3.63) is 23.8 Å². The fourth-order valence-electron chi connectivity index (χ4n) is 1.65. The molecular weight excluding hydrogens is 279 g/mol. The first kappa shape index (κ1) is 15.2. The van der Waals surface area contributed by atoms with Gasteiger partial charge in [0.25, 0.3) is 9.05 Å². The molecule has 1 aromatic carbocycles. The number of rotatable bonds is 7. The lowest BCUT2D eigenvalue weighted by Crippen LogP contribution is -2.05. The minimum atomic E-state index is -3.87. The molecule has 0 fully saturated rings. The van der Waals surface area contributed by atoms with E-state index >= 15 is 0 Å². The molecule has 0 N–H and O–H groups in total.